The van der Waals surface area contributed by atoms with Crippen LogP contribution in [-0.2, 0) is 11.3 Å². The summed E-state index contributed by atoms with van der Waals surface area (Å²) in [5.41, 5.74) is 4.32. The van der Waals surface area contributed by atoms with Gasteiger partial charge in [0, 0.05) is 19.3 Å². The number of pyridine rings is 1. The predicted octanol–water partition coefficient (Wildman–Crippen LogP) is 2.33. The molecule has 0 radical (unpaired) electrons. The molecular formula is C15H21N3O. The van der Waals surface area contributed by atoms with Gasteiger partial charge in [0.15, 0.2) is 0 Å². The largest absolute Gasteiger partial charge is 0.376 e. The number of imidazole rings is 1. The fourth-order valence-electron chi connectivity index (χ4n) is 1.97. The molecule has 0 saturated carbocycles. The van der Waals surface area contributed by atoms with E-state index in [-0.39, 0.29) is 0 Å². The molecule has 0 aliphatic heterocycles. The molecule has 4 nitrogen and oxygen atoms in total. The Labute approximate surface area is 114 Å². The van der Waals surface area contributed by atoms with Gasteiger partial charge >= 0.3 is 0 Å². The number of aryl methyl sites for hydroxylation is 1. The van der Waals surface area contributed by atoms with E-state index in [1.165, 1.54) is 5.69 Å². The maximum atomic E-state index is 5.45. The normalized spacial score (nSPS) is 11.1. The fraction of sp³-hybridized carbons (Fsp3) is 0.400. The second-order valence-electron chi connectivity index (χ2n) is 4.76. The van der Waals surface area contributed by atoms with Crippen molar-refractivity contribution in [2.24, 2.45) is 0 Å². The zero-order valence-electron chi connectivity index (χ0n) is 11.6. The molecular weight excluding hydrogens is 238 g/mol. The monoisotopic (exact) mass is 259 g/mol. The van der Waals surface area contributed by atoms with Gasteiger partial charge in [-0.3, -0.25) is 0 Å². The van der Waals surface area contributed by atoms with Crippen molar-refractivity contribution in [2.75, 3.05) is 19.8 Å². The van der Waals surface area contributed by atoms with Crippen LogP contribution in [0.4, 0.5) is 0 Å². The number of nitrogens with one attached hydrogen (secondary N) is 1. The number of nitrogens with zero attached hydrogens (tertiary/aromatic N) is 2. The molecule has 0 saturated heterocycles. The van der Waals surface area contributed by atoms with E-state index >= 15 is 0 Å². The Morgan fingerprint density at radius 3 is 3.11 bits per heavy atom. The Morgan fingerprint density at radius 2 is 2.32 bits per heavy atom. The summed E-state index contributed by atoms with van der Waals surface area (Å²) < 4.78 is 7.57. The molecule has 19 heavy (non-hydrogen) atoms. The van der Waals surface area contributed by atoms with Crippen molar-refractivity contribution in [3.8, 4) is 0 Å². The fourth-order valence-corrected chi connectivity index (χ4v) is 1.97. The smallest absolute Gasteiger partial charge is 0.137 e. The number of ether oxygens (including phenoxy) is 1. The van der Waals surface area contributed by atoms with Gasteiger partial charge in [-0.2, -0.15) is 0 Å². The van der Waals surface area contributed by atoms with E-state index in [0.29, 0.717) is 13.2 Å². The zero-order chi connectivity index (χ0) is 13.7. The Balaban J connectivity index is 1.84. The molecule has 4 heteroatoms. The van der Waals surface area contributed by atoms with Crippen LogP contribution in [0.5, 0.6) is 0 Å². The van der Waals surface area contributed by atoms with Crippen molar-refractivity contribution in [3.05, 3.63) is 47.9 Å². The first-order valence-corrected chi connectivity index (χ1v) is 6.54. The van der Waals surface area contributed by atoms with E-state index in [1.54, 1.807) is 0 Å². The van der Waals surface area contributed by atoms with E-state index in [0.717, 1.165) is 30.0 Å². The highest BCUT2D eigenvalue weighted by molar-refractivity contribution is 5.42. The third-order valence-electron chi connectivity index (χ3n) is 2.89. The van der Waals surface area contributed by atoms with Gasteiger partial charge in [-0.15, -0.1) is 0 Å². The number of aromatic nitrogens is 2. The average molecular weight is 259 g/mol. The molecule has 0 unspecified atom stereocenters. The van der Waals surface area contributed by atoms with Gasteiger partial charge in [0.2, 0.25) is 0 Å². The summed E-state index contributed by atoms with van der Waals surface area (Å²) in [5, 5.41) is 3.38. The number of hydrogen-bond acceptors (Lipinski definition) is 3. The van der Waals surface area contributed by atoms with Crippen LogP contribution >= 0.6 is 0 Å². The quantitative estimate of drug-likeness (QED) is 0.612. The second kappa shape index (κ2) is 6.50. The molecule has 0 aliphatic carbocycles. The molecule has 0 aromatic carbocycles. The molecule has 2 heterocycles. The van der Waals surface area contributed by atoms with Crippen molar-refractivity contribution >= 4 is 5.65 Å². The second-order valence-corrected chi connectivity index (χ2v) is 4.76. The van der Waals surface area contributed by atoms with Crippen LogP contribution in [0.15, 0.2) is 36.5 Å². The molecule has 0 amide bonds. The molecule has 0 bridgehead atoms. The topological polar surface area (TPSA) is 38.6 Å². The molecule has 1 N–H and O–H groups in total. The minimum Gasteiger partial charge on any atom is -0.376 e. The van der Waals surface area contributed by atoms with Crippen molar-refractivity contribution in [1.82, 2.24) is 14.7 Å². The van der Waals surface area contributed by atoms with Crippen molar-refractivity contribution in [1.29, 1.82) is 0 Å². The van der Waals surface area contributed by atoms with E-state index in [4.69, 9.17) is 4.74 Å². The van der Waals surface area contributed by atoms with Gasteiger partial charge in [0.25, 0.3) is 0 Å². The van der Waals surface area contributed by atoms with Crippen LogP contribution in [0.25, 0.3) is 5.65 Å². The first-order valence-electron chi connectivity index (χ1n) is 6.54. The standard InChI is InChI=1S/C15H21N3O/c1-12(2)11-19-9-7-16-10-14-13(3)17-15-6-4-5-8-18(14)15/h4-6,8,16H,1,7,9-11H2,2-3H3. The summed E-state index contributed by atoms with van der Waals surface area (Å²) >= 11 is 0. The average Bonchev–Trinajstić information content (AvgIpc) is 2.69. The van der Waals surface area contributed by atoms with Crippen LogP contribution in [-0.4, -0.2) is 29.1 Å². The molecule has 0 fully saturated rings. The van der Waals surface area contributed by atoms with Crippen molar-refractivity contribution < 1.29 is 4.74 Å². The summed E-state index contributed by atoms with van der Waals surface area (Å²) in [6.07, 6.45) is 2.05. The minimum absolute atomic E-state index is 0.635. The Hall–Kier alpha value is -1.65. The van der Waals surface area contributed by atoms with Crippen LogP contribution in [0, 0.1) is 6.92 Å². The first-order chi connectivity index (χ1) is 9.18. The van der Waals surface area contributed by atoms with Crippen LogP contribution in [0.1, 0.15) is 18.3 Å². The van der Waals surface area contributed by atoms with E-state index in [2.05, 4.69) is 21.3 Å². The van der Waals surface area contributed by atoms with Crippen molar-refractivity contribution in [3.63, 3.8) is 0 Å². The first kappa shape index (κ1) is 13.8. The van der Waals surface area contributed by atoms with Crippen LogP contribution in [0.3, 0.4) is 0 Å². The molecule has 102 valence electrons. The number of fused-ring (bicyclic) bond motifs is 1. The predicted molar refractivity (Wildman–Crippen MR) is 77.3 cm³/mol. The lowest BCUT2D eigenvalue weighted by atomic mass is 10.3. The lowest BCUT2D eigenvalue weighted by Crippen LogP contribution is -2.20. The van der Waals surface area contributed by atoms with E-state index in [1.807, 2.05) is 38.2 Å². The number of hydrogen-bond donors (Lipinski definition) is 1. The molecule has 0 aliphatic rings. The number of rotatable bonds is 7. The Kier molecular flexibility index (Phi) is 4.71. The van der Waals surface area contributed by atoms with Crippen molar-refractivity contribution in [2.45, 2.75) is 20.4 Å². The third-order valence-corrected chi connectivity index (χ3v) is 2.89. The highest BCUT2D eigenvalue weighted by atomic mass is 16.5. The van der Waals surface area contributed by atoms with Gasteiger partial charge in [0.05, 0.1) is 24.6 Å². The highest BCUT2D eigenvalue weighted by Gasteiger charge is 2.06. The summed E-state index contributed by atoms with van der Waals surface area (Å²) in [6.45, 7) is 10.8. The van der Waals surface area contributed by atoms with Gasteiger partial charge in [0.1, 0.15) is 5.65 Å². The summed E-state index contributed by atoms with van der Waals surface area (Å²) in [4.78, 5) is 4.53. The molecule has 0 atom stereocenters. The van der Waals surface area contributed by atoms with Crippen LogP contribution < -0.4 is 5.32 Å². The van der Waals surface area contributed by atoms with Gasteiger partial charge in [-0.1, -0.05) is 18.2 Å². The lowest BCUT2D eigenvalue weighted by molar-refractivity contribution is 0.157. The maximum Gasteiger partial charge on any atom is 0.137 e. The third kappa shape index (κ3) is 3.66. The molecule has 2 aromatic heterocycles. The van der Waals surface area contributed by atoms with E-state index < -0.39 is 0 Å². The molecule has 0 spiro atoms. The summed E-state index contributed by atoms with van der Waals surface area (Å²) in [5.74, 6) is 0. The van der Waals surface area contributed by atoms with Gasteiger partial charge < -0.3 is 14.5 Å². The summed E-state index contributed by atoms with van der Waals surface area (Å²) in [6, 6.07) is 6.05. The minimum atomic E-state index is 0.635. The van der Waals surface area contributed by atoms with Gasteiger partial charge in [-0.25, -0.2) is 4.98 Å². The zero-order valence-corrected chi connectivity index (χ0v) is 11.6. The Morgan fingerprint density at radius 1 is 1.47 bits per heavy atom. The van der Waals surface area contributed by atoms with Gasteiger partial charge in [-0.05, 0) is 26.0 Å². The molecule has 2 aromatic rings. The Bertz CT molecular complexity index is 560. The molecule has 2 rings (SSSR count). The van der Waals surface area contributed by atoms with Crippen LogP contribution in [0.2, 0.25) is 0 Å². The maximum absolute atomic E-state index is 5.45. The highest BCUT2D eigenvalue weighted by Crippen LogP contribution is 2.11. The SMILES string of the molecule is C=C(C)COCCNCc1c(C)nc2ccccn12. The van der Waals surface area contributed by atoms with E-state index in [9.17, 15) is 0 Å². The summed E-state index contributed by atoms with van der Waals surface area (Å²) in [7, 11) is 0. The lowest BCUT2D eigenvalue weighted by Gasteiger charge is -2.07.